The SMILES string of the molecule is O=C(NC(=O)C(F)(F)F)Nc1ccn(-c2ccccc2)n1. The number of carbonyl (C=O) groups is 2. The molecule has 0 unspecified atom stereocenters. The first kappa shape index (κ1) is 14.6. The molecular weight excluding hydrogens is 289 g/mol. The van der Waals surface area contributed by atoms with E-state index in [2.05, 4.69) is 5.10 Å². The van der Waals surface area contributed by atoms with Crippen molar-refractivity contribution < 1.29 is 22.8 Å². The Bertz CT molecular complexity index is 652. The molecule has 0 aliphatic heterocycles. The van der Waals surface area contributed by atoms with Crippen LogP contribution in [0.5, 0.6) is 0 Å². The Morgan fingerprint density at radius 3 is 2.38 bits per heavy atom. The van der Waals surface area contributed by atoms with Crippen molar-refractivity contribution in [3.05, 3.63) is 42.6 Å². The van der Waals surface area contributed by atoms with Crippen LogP contribution in [0.2, 0.25) is 0 Å². The molecule has 2 aromatic rings. The minimum absolute atomic E-state index is 0.00586. The molecule has 0 saturated heterocycles. The van der Waals surface area contributed by atoms with Gasteiger partial charge in [0.25, 0.3) is 0 Å². The van der Waals surface area contributed by atoms with E-state index in [1.807, 2.05) is 11.4 Å². The second-order valence-corrected chi connectivity index (χ2v) is 3.89. The van der Waals surface area contributed by atoms with Crippen molar-refractivity contribution in [3.8, 4) is 5.69 Å². The summed E-state index contributed by atoms with van der Waals surface area (Å²) in [7, 11) is 0. The van der Waals surface area contributed by atoms with E-state index in [0.29, 0.717) is 5.69 Å². The van der Waals surface area contributed by atoms with Crippen LogP contribution in [-0.4, -0.2) is 27.9 Å². The van der Waals surface area contributed by atoms with E-state index in [1.165, 1.54) is 16.9 Å². The van der Waals surface area contributed by atoms with Crippen LogP contribution >= 0.6 is 0 Å². The van der Waals surface area contributed by atoms with Gasteiger partial charge in [-0.3, -0.25) is 15.4 Å². The summed E-state index contributed by atoms with van der Waals surface area (Å²) in [6.45, 7) is 0. The van der Waals surface area contributed by atoms with Gasteiger partial charge in [0.05, 0.1) is 5.69 Å². The number of alkyl halides is 3. The maximum atomic E-state index is 12.0. The van der Waals surface area contributed by atoms with Crippen LogP contribution in [0.15, 0.2) is 42.6 Å². The minimum atomic E-state index is -5.12. The van der Waals surface area contributed by atoms with Gasteiger partial charge in [-0.1, -0.05) is 18.2 Å². The molecule has 0 radical (unpaired) electrons. The monoisotopic (exact) mass is 298 g/mol. The zero-order valence-electron chi connectivity index (χ0n) is 10.4. The van der Waals surface area contributed by atoms with E-state index < -0.39 is 18.1 Å². The van der Waals surface area contributed by atoms with Crippen molar-refractivity contribution in [2.45, 2.75) is 6.18 Å². The number of urea groups is 1. The van der Waals surface area contributed by atoms with E-state index in [1.54, 1.807) is 24.3 Å². The van der Waals surface area contributed by atoms with Crippen LogP contribution in [-0.2, 0) is 4.79 Å². The molecule has 0 aliphatic carbocycles. The smallest absolute Gasteiger partial charge is 0.291 e. The molecule has 21 heavy (non-hydrogen) atoms. The summed E-state index contributed by atoms with van der Waals surface area (Å²) in [6, 6.07) is 8.94. The van der Waals surface area contributed by atoms with Crippen molar-refractivity contribution in [1.82, 2.24) is 15.1 Å². The van der Waals surface area contributed by atoms with Gasteiger partial charge in [0, 0.05) is 12.3 Å². The van der Waals surface area contributed by atoms with Gasteiger partial charge in [-0.25, -0.2) is 9.48 Å². The number of carbonyl (C=O) groups excluding carboxylic acids is 2. The van der Waals surface area contributed by atoms with Crippen molar-refractivity contribution >= 4 is 17.8 Å². The van der Waals surface area contributed by atoms with Gasteiger partial charge in [0.15, 0.2) is 5.82 Å². The summed E-state index contributed by atoms with van der Waals surface area (Å²) in [6.07, 6.45) is -3.61. The number of amides is 3. The molecule has 1 aromatic carbocycles. The minimum Gasteiger partial charge on any atom is -0.291 e. The Morgan fingerprint density at radius 1 is 1.10 bits per heavy atom. The highest BCUT2D eigenvalue weighted by molar-refractivity contribution is 6.02. The summed E-state index contributed by atoms with van der Waals surface area (Å²) >= 11 is 0. The average Bonchev–Trinajstić information content (AvgIpc) is 2.87. The van der Waals surface area contributed by atoms with Crippen LogP contribution in [0, 0.1) is 0 Å². The van der Waals surface area contributed by atoms with Gasteiger partial charge in [0.1, 0.15) is 0 Å². The number of aromatic nitrogens is 2. The molecule has 2 N–H and O–H groups in total. The Balaban J connectivity index is 2.00. The van der Waals surface area contributed by atoms with Gasteiger partial charge < -0.3 is 0 Å². The van der Waals surface area contributed by atoms with Crippen LogP contribution in [0.4, 0.5) is 23.8 Å². The maximum Gasteiger partial charge on any atom is 0.471 e. The molecule has 2 rings (SSSR count). The number of rotatable bonds is 2. The molecule has 1 heterocycles. The molecule has 3 amide bonds. The molecule has 6 nitrogen and oxygen atoms in total. The lowest BCUT2D eigenvalue weighted by atomic mass is 10.3. The quantitative estimate of drug-likeness (QED) is 0.891. The maximum absolute atomic E-state index is 12.0. The fourth-order valence-corrected chi connectivity index (χ4v) is 1.44. The zero-order valence-corrected chi connectivity index (χ0v) is 10.4. The van der Waals surface area contributed by atoms with Gasteiger partial charge in [0.2, 0.25) is 0 Å². The standard InChI is InChI=1S/C12H9F3N4O2/c13-12(14,15)10(20)17-11(21)16-9-6-7-19(18-9)8-4-2-1-3-5-8/h1-7H,(H2,16,17,18,20,21). The van der Waals surface area contributed by atoms with Gasteiger partial charge >= 0.3 is 18.1 Å². The molecular formula is C12H9F3N4O2. The predicted octanol–water partition coefficient (Wildman–Crippen LogP) is 2.08. The lowest BCUT2D eigenvalue weighted by Gasteiger charge is -2.06. The summed E-state index contributed by atoms with van der Waals surface area (Å²) < 4.78 is 37.3. The van der Waals surface area contributed by atoms with Gasteiger partial charge in [-0.05, 0) is 12.1 Å². The summed E-state index contributed by atoms with van der Waals surface area (Å²) in [5.41, 5.74) is 0.706. The third-order valence-electron chi connectivity index (χ3n) is 2.34. The normalized spacial score (nSPS) is 11.0. The third kappa shape index (κ3) is 3.81. The molecule has 0 atom stereocenters. The van der Waals surface area contributed by atoms with E-state index in [0.717, 1.165) is 5.32 Å². The Hall–Kier alpha value is -2.84. The Kier molecular flexibility index (Phi) is 3.92. The van der Waals surface area contributed by atoms with Gasteiger partial charge in [-0.2, -0.15) is 13.2 Å². The topological polar surface area (TPSA) is 76.0 Å². The molecule has 110 valence electrons. The van der Waals surface area contributed by atoms with Crippen molar-refractivity contribution in [2.24, 2.45) is 0 Å². The predicted molar refractivity (Wildman–Crippen MR) is 66.8 cm³/mol. The van der Waals surface area contributed by atoms with E-state index in [-0.39, 0.29) is 5.82 Å². The van der Waals surface area contributed by atoms with Crippen LogP contribution in [0.1, 0.15) is 0 Å². The van der Waals surface area contributed by atoms with Crippen LogP contribution < -0.4 is 10.6 Å². The molecule has 0 spiro atoms. The first-order valence-electron chi connectivity index (χ1n) is 5.66. The zero-order chi connectivity index (χ0) is 15.5. The van der Waals surface area contributed by atoms with Crippen molar-refractivity contribution in [3.63, 3.8) is 0 Å². The number of benzene rings is 1. The number of halogens is 3. The van der Waals surface area contributed by atoms with E-state index in [9.17, 15) is 22.8 Å². The molecule has 9 heteroatoms. The number of imide groups is 1. The van der Waals surface area contributed by atoms with Crippen molar-refractivity contribution in [2.75, 3.05) is 5.32 Å². The molecule has 0 bridgehead atoms. The molecule has 1 aromatic heterocycles. The highest BCUT2D eigenvalue weighted by atomic mass is 19.4. The average molecular weight is 298 g/mol. The fourth-order valence-electron chi connectivity index (χ4n) is 1.44. The highest BCUT2D eigenvalue weighted by Gasteiger charge is 2.39. The van der Waals surface area contributed by atoms with E-state index in [4.69, 9.17) is 0 Å². The van der Waals surface area contributed by atoms with Gasteiger partial charge in [-0.15, -0.1) is 5.10 Å². The molecule has 0 aliphatic rings. The summed E-state index contributed by atoms with van der Waals surface area (Å²) in [5, 5.41) is 7.13. The fraction of sp³-hybridized carbons (Fsp3) is 0.0833. The lowest BCUT2D eigenvalue weighted by Crippen LogP contribution is -2.42. The van der Waals surface area contributed by atoms with Crippen molar-refractivity contribution in [1.29, 1.82) is 0 Å². The largest absolute Gasteiger partial charge is 0.471 e. The number of hydrogen-bond donors (Lipinski definition) is 2. The number of anilines is 1. The second kappa shape index (κ2) is 5.65. The van der Waals surface area contributed by atoms with Crippen LogP contribution in [0.3, 0.4) is 0 Å². The van der Waals surface area contributed by atoms with E-state index >= 15 is 0 Å². The third-order valence-corrected chi connectivity index (χ3v) is 2.34. The first-order chi connectivity index (χ1) is 9.86. The Morgan fingerprint density at radius 2 is 1.76 bits per heavy atom. The number of nitrogens with one attached hydrogen (secondary N) is 2. The summed E-state index contributed by atoms with van der Waals surface area (Å²) in [4.78, 5) is 21.8. The number of para-hydroxylation sites is 1. The summed E-state index contributed by atoms with van der Waals surface area (Å²) in [5.74, 6) is -2.34. The number of hydrogen-bond acceptors (Lipinski definition) is 3. The second-order valence-electron chi connectivity index (χ2n) is 3.89. The first-order valence-corrected chi connectivity index (χ1v) is 5.66. The molecule has 0 fully saturated rings. The lowest BCUT2D eigenvalue weighted by molar-refractivity contribution is -0.172. The molecule has 0 saturated carbocycles. The van der Waals surface area contributed by atoms with Crippen LogP contribution in [0.25, 0.3) is 5.69 Å². The Labute approximate surface area is 116 Å². The highest BCUT2D eigenvalue weighted by Crippen LogP contribution is 2.14. The number of nitrogens with zero attached hydrogens (tertiary/aromatic N) is 2.